The first-order chi connectivity index (χ1) is 14.6. The Morgan fingerprint density at radius 3 is 2.53 bits per heavy atom. The SMILES string of the molecule is CN=C(NCCCOC1CCOC1)NCc1ccc(CN2CC(C)CC(C)C2)cc1. The van der Waals surface area contributed by atoms with Crippen LogP contribution in [0.4, 0.5) is 0 Å². The summed E-state index contributed by atoms with van der Waals surface area (Å²) in [5.41, 5.74) is 2.67. The van der Waals surface area contributed by atoms with Crippen molar-refractivity contribution in [2.75, 3.05) is 46.5 Å². The lowest BCUT2D eigenvalue weighted by molar-refractivity contribution is 0.0420. The number of nitrogens with one attached hydrogen (secondary N) is 2. The van der Waals surface area contributed by atoms with Crippen LogP contribution < -0.4 is 10.6 Å². The monoisotopic (exact) mass is 416 g/mol. The zero-order chi connectivity index (χ0) is 21.2. The average molecular weight is 417 g/mol. The third-order valence-electron chi connectivity index (χ3n) is 5.91. The topological polar surface area (TPSA) is 58.1 Å². The van der Waals surface area contributed by atoms with Crippen LogP contribution in [0.1, 0.15) is 44.2 Å². The highest BCUT2D eigenvalue weighted by Gasteiger charge is 2.21. The molecule has 1 aromatic rings. The van der Waals surface area contributed by atoms with Crippen LogP contribution in [0.5, 0.6) is 0 Å². The molecule has 0 saturated carbocycles. The zero-order valence-corrected chi connectivity index (χ0v) is 19.0. The summed E-state index contributed by atoms with van der Waals surface area (Å²) in [5, 5.41) is 6.76. The number of piperidine rings is 1. The Labute approximate surface area is 182 Å². The number of guanidine groups is 1. The smallest absolute Gasteiger partial charge is 0.191 e. The highest BCUT2D eigenvalue weighted by molar-refractivity contribution is 5.79. The minimum atomic E-state index is 0.284. The summed E-state index contributed by atoms with van der Waals surface area (Å²) in [7, 11) is 1.81. The van der Waals surface area contributed by atoms with E-state index in [2.05, 4.69) is 58.6 Å². The fourth-order valence-corrected chi connectivity index (χ4v) is 4.52. The van der Waals surface area contributed by atoms with Gasteiger partial charge in [-0.15, -0.1) is 0 Å². The molecule has 0 aliphatic carbocycles. The molecular weight excluding hydrogens is 376 g/mol. The first-order valence-corrected chi connectivity index (χ1v) is 11.6. The maximum atomic E-state index is 5.80. The maximum absolute atomic E-state index is 5.80. The van der Waals surface area contributed by atoms with Gasteiger partial charge in [-0.05, 0) is 42.2 Å². The van der Waals surface area contributed by atoms with Crippen molar-refractivity contribution in [2.45, 2.75) is 52.3 Å². The molecule has 6 nitrogen and oxygen atoms in total. The van der Waals surface area contributed by atoms with Crippen molar-refractivity contribution in [3.05, 3.63) is 35.4 Å². The number of rotatable bonds is 9. The van der Waals surface area contributed by atoms with E-state index >= 15 is 0 Å². The van der Waals surface area contributed by atoms with E-state index in [-0.39, 0.29) is 6.10 Å². The number of ether oxygens (including phenoxy) is 2. The standard InChI is InChI=1S/C24H40N4O2/c1-19-13-20(2)16-28(15-19)17-22-7-5-21(6-8-22)14-27-24(25-3)26-10-4-11-30-23-9-12-29-18-23/h5-8,19-20,23H,4,9-18H2,1-3H3,(H2,25,26,27). The van der Waals surface area contributed by atoms with Crippen molar-refractivity contribution in [1.29, 1.82) is 0 Å². The van der Waals surface area contributed by atoms with Crippen LogP contribution in [0.25, 0.3) is 0 Å². The summed E-state index contributed by atoms with van der Waals surface area (Å²) in [5.74, 6) is 2.44. The molecule has 3 rings (SSSR count). The second-order valence-electron chi connectivity index (χ2n) is 9.02. The van der Waals surface area contributed by atoms with Crippen LogP contribution in [-0.2, 0) is 22.6 Å². The normalized spacial score (nSPS) is 25.4. The number of aliphatic imine (C=N–C) groups is 1. The van der Waals surface area contributed by atoms with Crippen LogP contribution in [0, 0.1) is 11.8 Å². The van der Waals surface area contributed by atoms with Crippen LogP contribution in [0.15, 0.2) is 29.3 Å². The van der Waals surface area contributed by atoms with Gasteiger partial charge in [0.15, 0.2) is 5.96 Å². The highest BCUT2D eigenvalue weighted by atomic mass is 16.5. The van der Waals surface area contributed by atoms with Gasteiger partial charge in [-0.3, -0.25) is 9.89 Å². The van der Waals surface area contributed by atoms with E-state index in [1.807, 2.05) is 7.05 Å². The summed E-state index contributed by atoms with van der Waals surface area (Å²) in [6.45, 7) is 12.2. The van der Waals surface area contributed by atoms with Gasteiger partial charge in [0.2, 0.25) is 0 Å². The van der Waals surface area contributed by atoms with Gasteiger partial charge >= 0.3 is 0 Å². The molecule has 2 saturated heterocycles. The molecule has 2 N–H and O–H groups in total. The van der Waals surface area contributed by atoms with Gasteiger partial charge in [0, 0.05) is 53.0 Å². The molecule has 0 aromatic heterocycles. The predicted molar refractivity (Wildman–Crippen MR) is 123 cm³/mol. The first kappa shape index (κ1) is 23.0. The average Bonchev–Trinajstić information content (AvgIpc) is 3.24. The Bertz CT molecular complexity index is 633. The molecule has 0 radical (unpaired) electrons. The maximum Gasteiger partial charge on any atom is 0.191 e. The van der Waals surface area contributed by atoms with Gasteiger partial charge in [0.05, 0.1) is 12.7 Å². The number of hydrogen-bond donors (Lipinski definition) is 2. The lowest BCUT2D eigenvalue weighted by Gasteiger charge is -2.35. The molecule has 6 heteroatoms. The van der Waals surface area contributed by atoms with Crippen LogP contribution >= 0.6 is 0 Å². The molecule has 0 bridgehead atoms. The largest absolute Gasteiger partial charge is 0.379 e. The van der Waals surface area contributed by atoms with E-state index in [1.54, 1.807) is 0 Å². The molecule has 2 heterocycles. The Hall–Kier alpha value is -1.63. The second-order valence-corrected chi connectivity index (χ2v) is 9.02. The molecule has 30 heavy (non-hydrogen) atoms. The molecule has 0 spiro atoms. The van der Waals surface area contributed by atoms with Crippen molar-refractivity contribution in [3.8, 4) is 0 Å². The molecular formula is C24H40N4O2. The Kier molecular flexibility index (Phi) is 9.43. The predicted octanol–water partition coefficient (Wildman–Crippen LogP) is 3.03. The fourth-order valence-electron chi connectivity index (χ4n) is 4.52. The third kappa shape index (κ3) is 7.89. The third-order valence-corrected chi connectivity index (χ3v) is 5.91. The van der Waals surface area contributed by atoms with Gasteiger partial charge in [-0.25, -0.2) is 0 Å². The minimum Gasteiger partial charge on any atom is -0.379 e. The molecule has 0 amide bonds. The minimum absolute atomic E-state index is 0.284. The van der Waals surface area contributed by atoms with Crippen molar-refractivity contribution < 1.29 is 9.47 Å². The number of benzene rings is 1. The molecule has 2 aliphatic heterocycles. The number of nitrogens with zero attached hydrogens (tertiary/aromatic N) is 2. The van der Waals surface area contributed by atoms with Gasteiger partial charge in [0.1, 0.15) is 0 Å². The fraction of sp³-hybridized carbons (Fsp3) is 0.708. The summed E-state index contributed by atoms with van der Waals surface area (Å²) >= 11 is 0. The first-order valence-electron chi connectivity index (χ1n) is 11.6. The molecule has 3 unspecified atom stereocenters. The van der Waals surface area contributed by atoms with E-state index in [9.17, 15) is 0 Å². The van der Waals surface area contributed by atoms with Crippen molar-refractivity contribution in [3.63, 3.8) is 0 Å². The quantitative estimate of drug-likeness (QED) is 0.368. The molecule has 2 fully saturated rings. The van der Waals surface area contributed by atoms with E-state index in [1.165, 1.54) is 30.6 Å². The van der Waals surface area contributed by atoms with E-state index < -0.39 is 0 Å². The van der Waals surface area contributed by atoms with E-state index in [4.69, 9.17) is 9.47 Å². The lowest BCUT2D eigenvalue weighted by atomic mass is 9.91. The number of hydrogen-bond acceptors (Lipinski definition) is 4. The molecule has 1 aromatic carbocycles. The Balaban J connectivity index is 1.33. The van der Waals surface area contributed by atoms with Gasteiger partial charge in [-0.1, -0.05) is 38.1 Å². The van der Waals surface area contributed by atoms with Crippen LogP contribution in [0.3, 0.4) is 0 Å². The number of likely N-dealkylation sites (tertiary alicyclic amines) is 1. The van der Waals surface area contributed by atoms with Crippen molar-refractivity contribution >= 4 is 5.96 Å². The Morgan fingerprint density at radius 1 is 1.13 bits per heavy atom. The highest BCUT2D eigenvalue weighted by Crippen LogP contribution is 2.22. The van der Waals surface area contributed by atoms with Crippen LogP contribution in [0.2, 0.25) is 0 Å². The Morgan fingerprint density at radius 2 is 1.87 bits per heavy atom. The van der Waals surface area contributed by atoms with Crippen molar-refractivity contribution in [1.82, 2.24) is 15.5 Å². The molecule has 2 aliphatic rings. The summed E-state index contributed by atoms with van der Waals surface area (Å²) in [6.07, 6.45) is 3.62. The molecule has 3 atom stereocenters. The summed E-state index contributed by atoms with van der Waals surface area (Å²) < 4.78 is 11.1. The van der Waals surface area contributed by atoms with Gasteiger partial charge < -0.3 is 20.1 Å². The van der Waals surface area contributed by atoms with Crippen molar-refractivity contribution in [2.24, 2.45) is 16.8 Å². The van der Waals surface area contributed by atoms with E-state index in [0.29, 0.717) is 0 Å². The summed E-state index contributed by atoms with van der Waals surface area (Å²) in [4.78, 5) is 6.91. The van der Waals surface area contributed by atoms with Crippen LogP contribution in [-0.4, -0.2) is 63.5 Å². The van der Waals surface area contributed by atoms with Gasteiger partial charge in [-0.2, -0.15) is 0 Å². The summed E-state index contributed by atoms with van der Waals surface area (Å²) in [6, 6.07) is 8.98. The second kappa shape index (κ2) is 12.3. The lowest BCUT2D eigenvalue weighted by Crippen LogP contribution is -2.38. The van der Waals surface area contributed by atoms with E-state index in [0.717, 1.165) is 70.1 Å². The van der Waals surface area contributed by atoms with Gasteiger partial charge in [0.25, 0.3) is 0 Å². The zero-order valence-electron chi connectivity index (χ0n) is 19.0. The molecule has 168 valence electrons.